The van der Waals surface area contributed by atoms with E-state index in [2.05, 4.69) is 15.6 Å². The van der Waals surface area contributed by atoms with Crippen LogP contribution in [0.1, 0.15) is 48.4 Å². The predicted molar refractivity (Wildman–Crippen MR) is 97.1 cm³/mol. The van der Waals surface area contributed by atoms with Crippen molar-refractivity contribution in [1.29, 1.82) is 0 Å². The van der Waals surface area contributed by atoms with Crippen molar-refractivity contribution < 1.29 is 14.3 Å². The van der Waals surface area contributed by atoms with Gasteiger partial charge < -0.3 is 15.4 Å². The summed E-state index contributed by atoms with van der Waals surface area (Å²) in [6.45, 7) is 7.89. The lowest BCUT2D eigenvalue weighted by molar-refractivity contribution is 0.0526. The maximum absolute atomic E-state index is 12.2. The second-order valence-corrected chi connectivity index (χ2v) is 6.56. The Morgan fingerprint density at radius 1 is 1.08 bits per heavy atom. The van der Waals surface area contributed by atoms with Gasteiger partial charge in [-0.15, -0.1) is 0 Å². The average Bonchev–Trinajstić information content (AvgIpc) is 2.54. The minimum atomic E-state index is -0.354. The van der Waals surface area contributed by atoms with Gasteiger partial charge in [0, 0.05) is 23.0 Å². The maximum Gasteiger partial charge on any atom is 0.338 e. The lowest BCUT2D eigenvalue weighted by Crippen LogP contribution is -2.40. The average molecular weight is 341 g/mol. The smallest absolute Gasteiger partial charge is 0.338 e. The number of ether oxygens (including phenoxy) is 1. The van der Waals surface area contributed by atoms with Crippen molar-refractivity contribution in [2.75, 3.05) is 11.9 Å². The number of carbonyl (C=O) groups is 2. The largest absolute Gasteiger partial charge is 0.462 e. The molecule has 6 heteroatoms. The van der Waals surface area contributed by atoms with E-state index in [1.807, 2.05) is 20.8 Å². The molecule has 132 valence electrons. The number of esters is 1. The zero-order valence-electron chi connectivity index (χ0n) is 14.9. The SMILES string of the molecule is CCOC(=O)c1ccc(Nc2cc(C(=O)NC(C)(C)C)ccn2)cc1. The zero-order valence-corrected chi connectivity index (χ0v) is 14.9. The number of hydrogen-bond donors (Lipinski definition) is 2. The summed E-state index contributed by atoms with van der Waals surface area (Å²) in [6, 6.07) is 10.2. The third-order valence-electron chi connectivity index (χ3n) is 3.18. The van der Waals surface area contributed by atoms with Gasteiger partial charge in [-0.3, -0.25) is 4.79 Å². The Labute approximate surface area is 147 Å². The van der Waals surface area contributed by atoms with E-state index < -0.39 is 0 Å². The van der Waals surface area contributed by atoms with E-state index in [-0.39, 0.29) is 17.4 Å². The van der Waals surface area contributed by atoms with E-state index in [0.29, 0.717) is 23.6 Å². The second kappa shape index (κ2) is 7.79. The lowest BCUT2D eigenvalue weighted by Gasteiger charge is -2.20. The van der Waals surface area contributed by atoms with E-state index in [9.17, 15) is 9.59 Å². The van der Waals surface area contributed by atoms with Gasteiger partial charge in [-0.05, 0) is 64.1 Å². The number of nitrogens with zero attached hydrogens (tertiary/aromatic N) is 1. The molecule has 1 amide bonds. The van der Waals surface area contributed by atoms with Gasteiger partial charge in [-0.2, -0.15) is 0 Å². The first-order valence-corrected chi connectivity index (χ1v) is 8.11. The highest BCUT2D eigenvalue weighted by molar-refractivity contribution is 5.95. The number of hydrogen-bond acceptors (Lipinski definition) is 5. The molecule has 1 heterocycles. The first-order chi connectivity index (χ1) is 11.8. The molecule has 0 aliphatic heterocycles. The molecule has 0 saturated carbocycles. The molecular formula is C19H23N3O3. The molecule has 6 nitrogen and oxygen atoms in total. The van der Waals surface area contributed by atoms with Crippen LogP contribution in [-0.2, 0) is 4.74 Å². The van der Waals surface area contributed by atoms with Crippen molar-refractivity contribution in [3.05, 3.63) is 53.7 Å². The van der Waals surface area contributed by atoms with Gasteiger partial charge in [-0.1, -0.05) is 0 Å². The Kier molecular flexibility index (Phi) is 5.75. The third-order valence-corrected chi connectivity index (χ3v) is 3.18. The second-order valence-electron chi connectivity index (χ2n) is 6.56. The molecule has 1 aromatic carbocycles. The molecular weight excluding hydrogens is 318 g/mol. The monoisotopic (exact) mass is 341 g/mol. The number of carbonyl (C=O) groups excluding carboxylic acids is 2. The van der Waals surface area contributed by atoms with E-state index in [4.69, 9.17) is 4.74 Å². The fourth-order valence-corrected chi connectivity index (χ4v) is 2.10. The quantitative estimate of drug-likeness (QED) is 0.813. The standard InChI is InChI=1S/C19H23N3O3/c1-5-25-18(24)13-6-8-15(9-7-13)21-16-12-14(10-11-20-16)17(23)22-19(2,3)4/h6-12H,5H2,1-4H3,(H,20,21)(H,22,23). The molecule has 0 saturated heterocycles. The zero-order chi connectivity index (χ0) is 18.4. The highest BCUT2D eigenvalue weighted by Crippen LogP contribution is 2.17. The molecule has 0 bridgehead atoms. The van der Waals surface area contributed by atoms with Gasteiger partial charge >= 0.3 is 5.97 Å². The number of aromatic nitrogens is 1. The van der Waals surface area contributed by atoms with Crippen LogP contribution in [0.2, 0.25) is 0 Å². The van der Waals surface area contributed by atoms with E-state index in [1.165, 1.54) is 0 Å². The molecule has 0 spiro atoms. The maximum atomic E-state index is 12.2. The van der Waals surface area contributed by atoms with E-state index in [1.54, 1.807) is 49.5 Å². The molecule has 0 atom stereocenters. The van der Waals surface area contributed by atoms with Crippen molar-refractivity contribution in [3.63, 3.8) is 0 Å². The summed E-state index contributed by atoms with van der Waals surface area (Å²) in [5.41, 5.74) is 1.46. The Morgan fingerprint density at radius 2 is 1.76 bits per heavy atom. The summed E-state index contributed by atoms with van der Waals surface area (Å²) in [4.78, 5) is 28.1. The Balaban J connectivity index is 2.09. The first kappa shape index (κ1) is 18.4. The molecule has 1 aromatic heterocycles. The molecule has 0 fully saturated rings. The topological polar surface area (TPSA) is 80.3 Å². The summed E-state index contributed by atoms with van der Waals surface area (Å²) in [5.74, 6) is 0.0362. The number of anilines is 2. The fourth-order valence-electron chi connectivity index (χ4n) is 2.10. The summed E-state index contributed by atoms with van der Waals surface area (Å²) < 4.78 is 4.95. The molecule has 2 N–H and O–H groups in total. The van der Waals surface area contributed by atoms with Gasteiger partial charge in [0.15, 0.2) is 0 Å². The van der Waals surface area contributed by atoms with Crippen LogP contribution in [0.25, 0.3) is 0 Å². The van der Waals surface area contributed by atoms with E-state index >= 15 is 0 Å². The first-order valence-electron chi connectivity index (χ1n) is 8.11. The number of amides is 1. The fraction of sp³-hybridized carbons (Fsp3) is 0.316. The Bertz CT molecular complexity index is 749. The van der Waals surface area contributed by atoms with Crippen molar-refractivity contribution >= 4 is 23.4 Å². The van der Waals surface area contributed by atoms with Crippen molar-refractivity contribution in [2.24, 2.45) is 0 Å². The number of rotatable bonds is 5. The third kappa shape index (κ3) is 5.60. The minimum absolute atomic E-state index is 0.157. The normalized spacial score (nSPS) is 10.9. The summed E-state index contributed by atoms with van der Waals surface area (Å²) >= 11 is 0. The predicted octanol–water partition coefficient (Wildman–Crippen LogP) is 3.53. The van der Waals surface area contributed by atoms with Crippen molar-refractivity contribution in [1.82, 2.24) is 10.3 Å². The molecule has 0 radical (unpaired) electrons. The van der Waals surface area contributed by atoms with Gasteiger partial charge in [0.2, 0.25) is 0 Å². The van der Waals surface area contributed by atoms with Crippen LogP contribution in [0.4, 0.5) is 11.5 Å². The number of nitrogens with one attached hydrogen (secondary N) is 2. The molecule has 0 unspecified atom stereocenters. The summed E-state index contributed by atoms with van der Waals surface area (Å²) in [7, 11) is 0. The number of benzene rings is 1. The molecule has 2 rings (SSSR count). The van der Waals surface area contributed by atoms with Crippen LogP contribution in [-0.4, -0.2) is 29.0 Å². The van der Waals surface area contributed by atoms with Crippen LogP contribution in [0, 0.1) is 0 Å². The summed E-state index contributed by atoms with van der Waals surface area (Å²) in [5, 5.41) is 6.03. The van der Waals surface area contributed by atoms with Crippen molar-refractivity contribution in [2.45, 2.75) is 33.2 Å². The Morgan fingerprint density at radius 3 is 2.36 bits per heavy atom. The Hall–Kier alpha value is -2.89. The number of pyridine rings is 1. The molecule has 0 aliphatic carbocycles. The highest BCUT2D eigenvalue weighted by Gasteiger charge is 2.15. The van der Waals surface area contributed by atoms with Crippen molar-refractivity contribution in [3.8, 4) is 0 Å². The van der Waals surface area contributed by atoms with E-state index in [0.717, 1.165) is 5.69 Å². The minimum Gasteiger partial charge on any atom is -0.462 e. The lowest BCUT2D eigenvalue weighted by atomic mass is 10.1. The van der Waals surface area contributed by atoms with Gasteiger partial charge in [0.05, 0.1) is 12.2 Å². The molecule has 2 aromatic rings. The highest BCUT2D eigenvalue weighted by atomic mass is 16.5. The van der Waals surface area contributed by atoms with Crippen LogP contribution in [0.3, 0.4) is 0 Å². The van der Waals surface area contributed by atoms with Gasteiger partial charge in [-0.25, -0.2) is 9.78 Å². The molecule has 0 aliphatic rings. The van der Waals surface area contributed by atoms with Gasteiger partial charge in [0.25, 0.3) is 5.91 Å². The van der Waals surface area contributed by atoms with Crippen LogP contribution in [0.5, 0.6) is 0 Å². The summed E-state index contributed by atoms with van der Waals surface area (Å²) in [6.07, 6.45) is 1.58. The van der Waals surface area contributed by atoms with Crippen LogP contribution < -0.4 is 10.6 Å². The van der Waals surface area contributed by atoms with Crippen LogP contribution in [0.15, 0.2) is 42.6 Å². The molecule has 25 heavy (non-hydrogen) atoms. The van der Waals surface area contributed by atoms with Gasteiger partial charge in [0.1, 0.15) is 5.82 Å². The van der Waals surface area contributed by atoms with Crippen LogP contribution >= 0.6 is 0 Å².